The van der Waals surface area contributed by atoms with E-state index in [1.807, 2.05) is 0 Å². The zero-order valence-electron chi connectivity index (χ0n) is 8.77. The van der Waals surface area contributed by atoms with E-state index in [1.165, 1.54) is 0 Å². The fourth-order valence-electron chi connectivity index (χ4n) is 1.16. The van der Waals surface area contributed by atoms with Crippen LogP contribution in [0.25, 0.3) is 0 Å². The Bertz CT molecular complexity index is 202. The van der Waals surface area contributed by atoms with E-state index in [0.717, 1.165) is 4.90 Å². The van der Waals surface area contributed by atoms with Crippen LogP contribution in [0, 0.1) is 0 Å². The first-order valence-electron chi connectivity index (χ1n) is 4.83. The topological polar surface area (TPSA) is 20.3 Å². The standard InChI is InChI=1S/C9H15F4NO/c1-3-5-14(6-4-2)8(15)9(12,13)7(10)11/h7H,3-6H2,1-2H3. The summed E-state index contributed by atoms with van der Waals surface area (Å²) in [7, 11) is 0. The number of carbonyl (C=O) groups is 1. The monoisotopic (exact) mass is 229 g/mol. The van der Waals surface area contributed by atoms with Crippen LogP contribution in [0.15, 0.2) is 0 Å². The highest BCUT2D eigenvalue weighted by molar-refractivity contribution is 5.84. The number of rotatable bonds is 6. The third-order valence-electron chi connectivity index (χ3n) is 1.83. The molecule has 2 nitrogen and oxygen atoms in total. The van der Waals surface area contributed by atoms with Gasteiger partial charge in [0.2, 0.25) is 0 Å². The summed E-state index contributed by atoms with van der Waals surface area (Å²) in [5, 5.41) is 0. The smallest absolute Gasteiger partial charge is 0.337 e. The minimum Gasteiger partial charge on any atom is -0.337 e. The lowest BCUT2D eigenvalue weighted by molar-refractivity contribution is -0.180. The van der Waals surface area contributed by atoms with E-state index in [2.05, 4.69) is 0 Å². The highest BCUT2D eigenvalue weighted by Gasteiger charge is 2.50. The largest absolute Gasteiger partial charge is 0.383 e. The van der Waals surface area contributed by atoms with Crippen LogP contribution in [0.2, 0.25) is 0 Å². The molecule has 0 atom stereocenters. The number of hydrogen-bond donors (Lipinski definition) is 0. The van der Waals surface area contributed by atoms with Crippen LogP contribution >= 0.6 is 0 Å². The van der Waals surface area contributed by atoms with Gasteiger partial charge in [0.1, 0.15) is 0 Å². The fourth-order valence-corrected chi connectivity index (χ4v) is 1.16. The molecule has 0 radical (unpaired) electrons. The van der Waals surface area contributed by atoms with Crippen molar-refractivity contribution < 1.29 is 22.4 Å². The molecule has 1 amide bonds. The molecule has 0 saturated heterocycles. The van der Waals surface area contributed by atoms with Crippen LogP contribution in [0.3, 0.4) is 0 Å². The molecule has 90 valence electrons. The predicted molar refractivity (Wildman–Crippen MR) is 48.1 cm³/mol. The maximum absolute atomic E-state index is 12.7. The summed E-state index contributed by atoms with van der Waals surface area (Å²) in [5.41, 5.74) is 0. The normalized spacial score (nSPS) is 11.9. The van der Waals surface area contributed by atoms with Gasteiger partial charge >= 0.3 is 12.3 Å². The van der Waals surface area contributed by atoms with Gasteiger partial charge in [-0.1, -0.05) is 13.8 Å². The van der Waals surface area contributed by atoms with Gasteiger partial charge in [-0.05, 0) is 12.8 Å². The van der Waals surface area contributed by atoms with Gasteiger partial charge in [0.15, 0.2) is 0 Å². The summed E-state index contributed by atoms with van der Waals surface area (Å²) in [5.74, 6) is -6.34. The highest BCUT2D eigenvalue weighted by atomic mass is 19.3. The average molecular weight is 229 g/mol. The summed E-state index contributed by atoms with van der Waals surface area (Å²) in [6.07, 6.45) is -3.02. The van der Waals surface area contributed by atoms with Gasteiger partial charge in [-0.3, -0.25) is 4.79 Å². The van der Waals surface area contributed by atoms with Crippen LogP contribution in [0.5, 0.6) is 0 Å². The molecule has 15 heavy (non-hydrogen) atoms. The highest BCUT2D eigenvalue weighted by Crippen LogP contribution is 2.25. The Morgan fingerprint density at radius 3 is 1.87 bits per heavy atom. The molecule has 0 fully saturated rings. The molecule has 0 heterocycles. The Balaban J connectivity index is 4.61. The van der Waals surface area contributed by atoms with Crippen LogP contribution in [-0.2, 0) is 4.79 Å². The van der Waals surface area contributed by atoms with Crippen molar-refractivity contribution >= 4 is 5.91 Å². The van der Waals surface area contributed by atoms with Gasteiger partial charge in [-0.25, -0.2) is 8.78 Å². The molecule has 0 aromatic carbocycles. The minimum atomic E-state index is -4.57. The lowest BCUT2D eigenvalue weighted by Crippen LogP contribution is -2.48. The van der Waals surface area contributed by atoms with Crippen molar-refractivity contribution in [3.05, 3.63) is 0 Å². The maximum Gasteiger partial charge on any atom is 0.383 e. The van der Waals surface area contributed by atoms with E-state index in [4.69, 9.17) is 0 Å². The second kappa shape index (κ2) is 5.92. The molecule has 0 unspecified atom stereocenters. The van der Waals surface area contributed by atoms with E-state index in [1.54, 1.807) is 13.8 Å². The maximum atomic E-state index is 12.7. The van der Waals surface area contributed by atoms with Gasteiger partial charge in [0.25, 0.3) is 5.91 Å². The molecule has 0 aliphatic carbocycles. The van der Waals surface area contributed by atoms with Crippen molar-refractivity contribution in [2.24, 2.45) is 0 Å². The van der Waals surface area contributed by atoms with E-state index in [0.29, 0.717) is 12.8 Å². The minimum absolute atomic E-state index is 0.0784. The second-order valence-electron chi connectivity index (χ2n) is 3.22. The first-order chi connectivity index (χ1) is 6.87. The number of alkyl halides is 4. The first-order valence-corrected chi connectivity index (χ1v) is 4.83. The lowest BCUT2D eigenvalue weighted by atomic mass is 10.2. The second-order valence-corrected chi connectivity index (χ2v) is 3.22. The third-order valence-corrected chi connectivity index (χ3v) is 1.83. The van der Waals surface area contributed by atoms with E-state index < -0.39 is 18.3 Å². The molecule has 0 aromatic heterocycles. The van der Waals surface area contributed by atoms with Gasteiger partial charge < -0.3 is 4.90 Å². The van der Waals surface area contributed by atoms with Crippen LogP contribution < -0.4 is 0 Å². The van der Waals surface area contributed by atoms with Crippen molar-refractivity contribution in [2.45, 2.75) is 39.0 Å². The Labute approximate surface area is 86.2 Å². The number of halogens is 4. The molecule has 0 aromatic rings. The van der Waals surface area contributed by atoms with Gasteiger partial charge in [0.05, 0.1) is 0 Å². The van der Waals surface area contributed by atoms with E-state index in [9.17, 15) is 22.4 Å². The third kappa shape index (κ3) is 3.68. The lowest BCUT2D eigenvalue weighted by Gasteiger charge is -2.25. The van der Waals surface area contributed by atoms with Crippen LogP contribution in [-0.4, -0.2) is 36.2 Å². The summed E-state index contributed by atoms with van der Waals surface area (Å²) in [6.45, 7) is 3.54. The Kier molecular flexibility index (Phi) is 5.60. The molecular formula is C9H15F4NO. The van der Waals surface area contributed by atoms with Gasteiger partial charge in [-0.2, -0.15) is 8.78 Å². The van der Waals surface area contributed by atoms with E-state index >= 15 is 0 Å². The molecule has 0 N–H and O–H groups in total. The number of nitrogens with zero attached hydrogens (tertiary/aromatic N) is 1. The number of hydrogen-bond acceptors (Lipinski definition) is 1. The van der Waals surface area contributed by atoms with Crippen molar-refractivity contribution in [3.8, 4) is 0 Å². The van der Waals surface area contributed by atoms with Gasteiger partial charge in [-0.15, -0.1) is 0 Å². The summed E-state index contributed by atoms with van der Waals surface area (Å²) in [6, 6.07) is 0. The SMILES string of the molecule is CCCN(CCC)C(=O)C(F)(F)C(F)F. The summed E-state index contributed by atoms with van der Waals surface area (Å²) in [4.78, 5) is 11.9. The molecule has 0 rings (SSSR count). The molecule has 0 bridgehead atoms. The molecule has 0 aliphatic rings. The Morgan fingerprint density at radius 1 is 1.20 bits per heavy atom. The first kappa shape index (κ1) is 14.2. The van der Waals surface area contributed by atoms with Crippen molar-refractivity contribution in [1.29, 1.82) is 0 Å². The fraction of sp³-hybridized carbons (Fsp3) is 0.889. The van der Waals surface area contributed by atoms with Crippen LogP contribution in [0.4, 0.5) is 17.6 Å². The molecular weight excluding hydrogens is 214 g/mol. The Hall–Kier alpha value is -0.810. The summed E-state index contributed by atoms with van der Waals surface area (Å²) < 4.78 is 49.2. The number of amides is 1. The van der Waals surface area contributed by atoms with Crippen molar-refractivity contribution in [1.82, 2.24) is 4.90 Å². The average Bonchev–Trinajstić information content (AvgIpc) is 2.16. The zero-order chi connectivity index (χ0) is 12.1. The predicted octanol–water partition coefficient (Wildman–Crippen LogP) is 2.54. The molecule has 0 saturated carbocycles. The van der Waals surface area contributed by atoms with Crippen molar-refractivity contribution in [2.75, 3.05) is 13.1 Å². The molecule has 0 spiro atoms. The van der Waals surface area contributed by atoms with Gasteiger partial charge in [0, 0.05) is 13.1 Å². The van der Waals surface area contributed by atoms with E-state index in [-0.39, 0.29) is 13.1 Å². The summed E-state index contributed by atoms with van der Waals surface area (Å²) >= 11 is 0. The van der Waals surface area contributed by atoms with Crippen molar-refractivity contribution in [3.63, 3.8) is 0 Å². The molecule has 0 aliphatic heterocycles. The quantitative estimate of drug-likeness (QED) is 0.641. The zero-order valence-corrected chi connectivity index (χ0v) is 8.77. The number of carbonyl (C=O) groups excluding carboxylic acids is 1. The Morgan fingerprint density at radius 2 is 1.60 bits per heavy atom. The molecule has 6 heteroatoms. The van der Waals surface area contributed by atoms with Crippen LogP contribution in [0.1, 0.15) is 26.7 Å².